The lowest BCUT2D eigenvalue weighted by molar-refractivity contribution is -0.121. The van der Waals surface area contributed by atoms with E-state index in [4.69, 9.17) is 0 Å². The second-order valence-electron chi connectivity index (χ2n) is 6.45. The number of hydrogen-bond acceptors (Lipinski definition) is 5. The molecule has 144 valence electrons. The van der Waals surface area contributed by atoms with Crippen molar-refractivity contribution < 1.29 is 9.59 Å². The zero-order valence-electron chi connectivity index (χ0n) is 15.7. The van der Waals surface area contributed by atoms with Crippen LogP contribution >= 0.6 is 0 Å². The fraction of sp³-hybridized carbons (Fsp3) is 0.500. The fourth-order valence-electron chi connectivity index (χ4n) is 3.21. The maximum Gasteiger partial charge on any atom is 0.320 e. The Morgan fingerprint density at radius 3 is 2.85 bits per heavy atom. The molecule has 9 nitrogen and oxygen atoms in total. The van der Waals surface area contributed by atoms with Crippen LogP contribution in [0.2, 0.25) is 0 Å². The predicted octanol–water partition coefficient (Wildman–Crippen LogP) is 1.98. The van der Waals surface area contributed by atoms with Crippen molar-refractivity contribution in [2.24, 2.45) is 5.92 Å². The Morgan fingerprint density at radius 2 is 2.15 bits per heavy atom. The minimum absolute atomic E-state index is 0.00664. The molecule has 1 aliphatic rings. The number of H-pyrrole nitrogens is 1. The third-order valence-corrected chi connectivity index (χ3v) is 4.72. The number of urea groups is 1. The number of carbonyl (C=O) groups excluding carboxylic acids is 2. The van der Waals surface area contributed by atoms with Crippen LogP contribution < -0.4 is 5.32 Å². The molecule has 0 unspecified atom stereocenters. The normalized spacial score (nSPS) is 16.8. The van der Waals surface area contributed by atoms with Gasteiger partial charge in [0, 0.05) is 32.4 Å². The summed E-state index contributed by atoms with van der Waals surface area (Å²) in [6, 6.07) is 5.47. The number of nitrogens with one attached hydrogen (secondary N) is 2. The van der Waals surface area contributed by atoms with E-state index in [-0.39, 0.29) is 23.8 Å². The molecule has 9 heteroatoms. The standard InChI is InChI=1S/C18H25N7O2/c1-3-24(4-2)18(27)25-11-7-8-13(12-25)16(26)21-17-20-15(22-23-17)14-9-5-6-10-19-14/h5-6,9-10,13H,3-4,7-8,11-12H2,1-2H3,(H2,20,21,22,23,26)/t13-/m0/s1. The summed E-state index contributed by atoms with van der Waals surface area (Å²) in [5.41, 5.74) is 0.652. The van der Waals surface area contributed by atoms with E-state index in [0.29, 0.717) is 37.7 Å². The summed E-state index contributed by atoms with van der Waals surface area (Å²) in [5, 5.41) is 9.56. The molecule has 1 aliphatic heterocycles. The van der Waals surface area contributed by atoms with Crippen molar-refractivity contribution in [3.05, 3.63) is 24.4 Å². The van der Waals surface area contributed by atoms with Crippen LogP contribution in [-0.2, 0) is 4.79 Å². The number of aromatic nitrogens is 4. The smallest absolute Gasteiger partial charge is 0.320 e. The van der Waals surface area contributed by atoms with E-state index in [2.05, 4.69) is 25.5 Å². The zero-order chi connectivity index (χ0) is 19.2. The first-order chi connectivity index (χ1) is 13.1. The first kappa shape index (κ1) is 18.8. The highest BCUT2D eigenvalue weighted by Gasteiger charge is 2.30. The monoisotopic (exact) mass is 371 g/mol. The molecule has 0 saturated carbocycles. The highest BCUT2D eigenvalue weighted by Crippen LogP contribution is 2.20. The minimum Gasteiger partial charge on any atom is -0.325 e. The highest BCUT2D eigenvalue weighted by molar-refractivity contribution is 5.91. The van der Waals surface area contributed by atoms with Crippen molar-refractivity contribution in [1.29, 1.82) is 0 Å². The van der Waals surface area contributed by atoms with Crippen molar-refractivity contribution >= 4 is 17.9 Å². The van der Waals surface area contributed by atoms with Gasteiger partial charge in [0.2, 0.25) is 11.9 Å². The van der Waals surface area contributed by atoms with Crippen LogP contribution in [0, 0.1) is 5.92 Å². The molecule has 1 atom stereocenters. The summed E-state index contributed by atoms with van der Waals surface area (Å²) >= 11 is 0. The van der Waals surface area contributed by atoms with Gasteiger partial charge in [-0.1, -0.05) is 6.07 Å². The summed E-state index contributed by atoms with van der Waals surface area (Å²) in [6.45, 7) is 6.34. The van der Waals surface area contributed by atoms with Gasteiger partial charge in [-0.25, -0.2) is 4.79 Å². The lowest BCUT2D eigenvalue weighted by Crippen LogP contribution is -2.49. The topological polar surface area (TPSA) is 107 Å². The number of anilines is 1. The molecule has 0 aromatic carbocycles. The maximum absolute atomic E-state index is 12.6. The molecule has 0 spiro atoms. The molecule has 0 radical (unpaired) electrons. The van der Waals surface area contributed by atoms with E-state index in [0.717, 1.165) is 12.8 Å². The van der Waals surface area contributed by atoms with Gasteiger partial charge < -0.3 is 9.80 Å². The predicted molar refractivity (Wildman–Crippen MR) is 101 cm³/mol. The number of amides is 3. The van der Waals surface area contributed by atoms with Crippen LogP contribution in [0.3, 0.4) is 0 Å². The van der Waals surface area contributed by atoms with Gasteiger partial charge in [-0.2, -0.15) is 4.98 Å². The Bertz CT molecular complexity index is 773. The number of hydrogen-bond donors (Lipinski definition) is 2. The Hall–Kier alpha value is -2.97. The van der Waals surface area contributed by atoms with Crippen LogP contribution in [0.4, 0.5) is 10.7 Å². The number of pyridine rings is 1. The Balaban J connectivity index is 1.61. The molecule has 27 heavy (non-hydrogen) atoms. The Kier molecular flexibility index (Phi) is 6.00. The molecule has 1 saturated heterocycles. The number of aromatic amines is 1. The molecular formula is C18H25N7O2. The average Bonchev–Trinajstić information content (AvgIpc) is 3.18. The molecule has 1 fully saturated rings. The van der Waals surface area contributed by atoms with Crippen molar-refractivity contribution in [3.8, 4) is 11.5 Å². The van der Waals surface area contributed by atoms with Gasteiger partial charge in [0.1, 0.15) is 5.69 Å². The molecule has 2 aromatic rings. The van der Waals surface area contributed by atoms with E-state index in [1.54, 1.807) is 16.0 Å². The van der Waals surface area contributed by atoms with Gasteiger partial charge in [0.15, 0.2) is 5.82 Å². The second-order valence-corrected chi connectivity index (χ2v) is 6.45. The molecule has 2 N–H and O–H groups in total. The van der Waals surface area contributed by atoms with Gasteiger partial charge in [0.25, 0.3) is 0 Å². The SMILES string of the molecule is CCN(CC)C(=O)N1CCC[C@H](C(=O)Nc2n[nH]c(-c3ccccn3)n2)C1. The number of nitrogens with zero attached hydrogens (tertiary/aromatic N) is 5. The first-order valence-corrected chi connectivity index (χ1v) is 9.30. The molecule has 3 rings (SSSR count). The summed E-state index contributed by atoms with van der Waals surface area (Å²) in [4.78, 5) is 37.2. The molecule has 3 heterocycles. The third kappa shape index (κ3) is 4.42. The quantitative estimate of drug-likeness (QED) is 0.836. The number of likely N-dealkylation sites (tertiary alicyclic amines) is 1. The molecule has 2 aromatic heterocycles. The summed E-state index contributed by atoms with van der Waals surface area (Å²) in [6.07, 6.45) is 3.21. The van der Waals surface area contributed by atoms with Crippen molar-refractivity contribution in [3.63, 3.8) is 0 Å². The number of rotatable bonds is 5. The highest BCUT2D eigenvalue weighted by atomic mass is 16.2. The van der Waals surface area contributed by atoms with Crippen LogP contribution in [0.1, 0.15) is 26.7 Å². The molecule has 0 aliphatic carbocycles. The van der Waals surface area contributed by atoms with E-state index in [9.17, 15) is 9.59 Å². The summed E-state index contributed by atoms with van der Waals surface area (Å²) in [7, 11) is 0. The van der Waals surface area contributed by atoms with E-state index in [1.807, 2.05) is 32.0 Å². The van der Waals surface area contributed by atoms with Crippen molar-refractivity contribution in [2.45, 2.75) is 26.7 Å². The van der Waals surface area contributed by atoms with Crippen LogP contribution in [0.15, 0.2) is 24.4 Å². The lowest BCUT2D eigenvalue weighted by Gasteiger charge is -2.35. The van der Waals surface area contributed by atoms with Crippen LogP contribution in [-0.4, -0.2) is 68.1 Å². The van der Waals surface area contributed by atoms with Gasteiger partial charge in [0.05, 0.1) is 5.92 Å². The molecule has 0 bridgehead atoms. The van der Waals surface area contributed by atoms with E-state index in [1.165, 1.54) is 0 Å². The summed E-state index contributed by atoms with van der Waals surface area (Å²) in [5.74, 6) is 0.273. The van der Waals surface area contributed by atoms with Crippen LogP contribution in [0.5, 0.6) is 0 Å². The van der Waals surface area contributed by atoms with Crippen molar-refractivity contribution in [1.82, 2.24) is 30.0 Å². The largest absolute Gasteiger partial charge is 0.325 e. The third-order valence-electron chi connectivity index (χ3n) is 4.72. The Labute approximate surface area is 158 Å². The number of carbonyl (C=O) groups is 2. The zero-order valence-corrected chi connectivity index (χ0v) is 15.7. The molecular weight excluding hydrogens is 346 g/mol. The maximum atomic E-state index is 12.6. The van der Waals surface area contributed by atoms with E-state index < -0.39 is 0 Å². The van der Waals surface area contributed by atoms with Crippen molar-refractivity contribution in [2.75, 3.05) is 31.5 Å². The second kappa shape index (κ2) is 8.61. The first-order valence-electron chi connectivity index (χ1n) is 9.30. The van der Waals surface area contributed by atoms with Gasteiger partial charge in [-0.15, -0.1) is 5.10 Å². The van der Waals surface area contributed by atoms with Gasteiger partial charge in [-0.05, 0) is 38.8 Å². The molecule has 3 amide bonds. The average molecular weight is 371 g/mol. The van der Waals surface area contributed by atoms with Gasteiger partial charge in [-0.3, -0.25) is 20.2 Å². The number of piperidine rings is 1. The fourth-order valence-corrected chi connectivity index (χ4v) is 3.21. The van der Waals surface area contributed by atoms with Gasteiger partial charge >= 0.3 is 6.03 Å². The Morgan fingerprint density at radius 1 is 1.33 bits per heavy atom. The van der Waals surface area contributed by atoms with Crippen LogP contribution in [0.25, 0.3) is 11.5 Å². The van der Waals surface area contributed by atoms with E-state index >= 15 is 0 Å². The minimum atomic E-state index is -0.268. The lowest BCUT2D eigenvalue weighted by atomic mass is 9.97. The summed E-state index contributed by atoms with van der Waals surface area (Å²) < 4.78 is 0.